The number of hydrogen-bond acceptors (Lipinski definition) is 6. The molecule has 1 saturated heterocycles. The summed E-state index contributed by atoms with van der Waals surface area (Å²) in [5, 5.41) is 0. The molecule has 0 saturated carbocycles. The van der Waals surface area contributed by atoms with Crippen LogP contribution in [-0.2, 0) is 18.9 Å². The van der Waals surface area contributed by atoms with Gasteiger partial charge in [0.05, 0.1) is 52.9 Å². The first-order chi connectivity index (χ1) is 9.79. The van der Waals surface area contributed by atoms with E-state index in [1.807, 2.05) is 0 Å². The van der Waals surface area contributed by atoms with Gasteiger partial charge in [0.15, 0.2) is 0 Å². The van der Waals surface area contributed by atoms with Crippen molar-refractivity contribution >= 4 is 22.9 Å². The maximum atomic E-state index is 5.53. The lowest BCUT2D eigenvalue weighted by molar-refractivity contribution is 0.0203. The summed E-state index contributed by atoms with van der Waals surface area (Å²) in [4.78, 5) is 2.21. The fourth-order valence-corrected chi connectivity index (χ4v) is 2.03. The van der Waals surface area contributed by atoms with E-state index < -0.39 is 0 Å². The SMILES string of the molecule is CN1CCOCCOCCN(I)CCOCCOCC1. The molecule has 20 heavy (non-hydrogen) atoms. The molecule has 0 N–H and O–H groups in total. The van der Waals surface area contributed by atoms with E-state index in [-0.39, 0.29) is 0 Å². The predicted molar refractivity (Wildman–Crippen MR) is 86.4 cm³/mol. The largest absolute Gasteiger partial charge is 0.378 e. The van der Waals surface area contributed by atoms with Crippen LogP contribution in [0.1, 0.15) is 0 Å². The zero-order valence-electron chi connectivity index (χ0n) is 12.4. The van der Waals surface area contributed by atoms with Gasteiger partial charge in [-0.05, 0) is 7.05 Å². The Morgan fingerprint density at radius 2 is 0.950 bits per heavy atom. The fraction of sp³-hybridized carbons (Fsp3) is 1.00. The number of likely N-dealkylation sites (N-methyl/N-ethyl adjacent to an activating group) is 1. The third-order valence-electron chi connectivity index (χ3n) is 2.94. The molecular formula is C13H27IN2O4. The summed E-state index contributed by atoms with van der Waals surface area (Å²) in [6.45, 7) is 9.23. The van der Waals surface area contributed by atoms with Gasteiger partial charge in [-0.15, -0.1) is 0 Å². The second kappa shape index (κ2) is 13.2. The summed E-state index contributed by atoms with van der Waals surface area (Å²) >= 11 is 2.30. The average molecular weight is 402 g/mol. The highest BCUT2D eigenvalue weighted by Crippen LogP contribution is 1.98. The standard InChI is InChI=1S/C13H27IN2O4/c1-15-2-6-17-10-12-19-8-4-16(14)5-9-20-13-11-18-7-3-15/h2-13H2,1H3. The molecule has 7 heteroatoms. The van der Waals surface area contributed by atoms with Crippen molar-refractivity contribution in [1.82, 2.24) is 8.01 Å². The molecule has 0 aromatic heterocycles. The minimum Gasteiger partial charge on any atom is -0.378 e. The Morgan fingerprint density at radius 3 is 1.35 bits per heavy atom. The maximum absolute atomic E-state index is 5.53. The van der Waals surface area contributed by atoms with Crippen molar-refractivity contribution in [3.05, 3.63) is 0 Å². The van der Waals surface area contributed by atoms with Crippen molar-refractivity contribution in [1.29, 1.82) is 0 Å². The summed E-state index contributed by atoms with van der Waals surface area (Å²) < 4.78 is 24.3. The fourth-order valence-electron chi connectivity index (χ4n) is 1.64. The van der Waals surface area contributed by atoms with E-state index in [9.17, 15) is 0 Å². The molecule has 0 aliphatic carbocycles. The molecule has 0 spiro atoms. The summed E-state index contributed by atoms with van der Waals surface area (Å²) in [6, 6.07) is 0. The first-order valence-electron chi connectivity index (χ1n) is 7.19. The van der Waals surface area contributed by atoms with Crippen LogP contribution in [0.3, 0.4) is 0 Å². The van der Waals surface area contributed by atoms with Gasteiger partial charge in [-0.1, -0.05) is 0 Å². The van der Waals surface area contributed by atoms with Crippen molar-refractivity contribution in [2.75, 3.05) is 86.1 Å². The van der Waals surface area contributed by atoms with Gasteiger partial charge in [0.25, 0.3) is 0 Å². The summed E-state index contributed by atoms with van der Waals surface area (Å²) in [5.41, 5.74) is 0. The molecule has 1 aliphatic heterocycles. The van der Waals surface area contributed by atoms with Crippen LogP contribution in [0, 0.1) is 0 Å². The van der Waals surface area contributed by atoms with Gasteiger partial charge < -0.3 is 23.8 Å². The number of hydrogen-bond donors (Lipinski definition) is 0. The monoisotopic (exact) mass is 402 g/mol. The lowest BCUT2D eigenvalue weighted by Crippen LogP contribution is -2.28. The van der Waals surface area contributed by atoms with E-state index in [1.165, 1.54) is 0 Å². The second-order valence-corrected chi connectivity index (χ2v) is 6.03. The molecular weight excluding hydrogens is 375 g/mol. The van der Waals surface area contributed by atoms with Crippen LogP contribution >= 0.6 is 22.9 Å². The van der Waals surface area contributed by atoms with E-state index in [0.29, 0.717) is 26.4 Å². The van der Waals surface area contributed by atoms with Gasteiger partial charge in [-0.3, -0.25) is 0 Å². The van der Waals surface area contributed by atoms with Crippen molar-refractivity contribution in [2.45, 2.75) is 0 Å². The number of halogens is 1. The third-order valence-corrected chi connectivity index (χ3v) is 3.90. The molecule has 1 rings (SSSR count). The first kappa shape index (κ1) is 18.5. The molecule has 0 amide bonds. The van der Waals surface area contributed by atoms with Crippen LogP contribution in [0.5, 0.6) is 0 Å². The van der Waals surface area contributed by atoms with Crippen molar-refractivity contribution in [3.8, 4) is 0 Å². The Hall–Kier alpha value is 0.490. The Balaban J connectivity index is 2.16. The minimum absolute atomic E-state index is 0.661. The highest BCUT2D eigenvalue weighted by atomic mass is 127. The van der Waals surface area contributed by atoms with Crippen molar-refractivity contribution < 1.29 is 18.9 Å². The highest BCUT2D eigenvalue weighted by molar-refractivity contribution is 14.1. The Bertz CT molecular complexity index is 183. The van der Waals surface area contributed by atoms with Gasteiger partial charge in [0, 0.05) is 49.0 Å². The highest BCUT2D eigenvalue weighted by Gasteiger charge is 2.02. The zero-order chi connectivity index (χ0) is 14.5. The molecule has 6 nitrogen and oxygen atoms in total. The molecule has 1 heterocycles. The van der Waals surface area contributed by atoms with Crippen LogP contribution < -0.4 is 0 Å². The molecule has 1 fully saturated rings. The smallest absolute Gasteiger partial charge is 0.0701 e. The zero-order valence-corrected chi connectivity index (χ0v) is 14.5. The van der Waals surface area contributed by atoms with Crippen molar-refractivity contribution in [3.63, 3.8) is 0 Å². The normalized spacial score (nSPS) is 24.9. The molecule has 120 valence electrons. The second-order valence-electron chi connectivity index (χ2n) is 4.66. The molecule has 0 aromatic carbocycles. The quantitative estimate of drug-likeness (QED) is 0.438. The summed E-state index contributed by atoms with van der Waals surface area (Å²) in [6.07, 6.45) is 0. The van der Waals surface area contributed by atoms with Gasteiger partial charge >= 0.3 is 0 Å². The van der Waals surface area contributed by atoms with Crippen LogP contribution in [-0.4, -0.2) is 94.1 Å². The van der Waals surface area contributed by atoms with E-state index >= 15 is 0 Å². The van der Waals surface area contributed by atoms with E-state index in [4.69, 9.17) is 18.9 Å². The Kier molecular flexibility index (Phi) is 12.2. The molecule has 0 bridgehead atoms. The lowest BCUT2D eigenvalue weighted by Gasteiger charge is -2.18. The van der Waals surface area contributed by atoms with E-state index in [1.54, 1.807) is 0 Å². The number of nitrogens with zero attached hydrogens (tertiary/aromatic N) is 2. The van der Waals surface area contributed by atoms with Gasteiger partial charge in [0.1, 0.15) is 0 Å². The summed E-state index contributed by atoms with van der Waals surface area (Å²) in [7, 11) is 2.08. The van der Waals surface area contributed by atoms with E-state index in [2.05, 4.69) is 37.9 Å². The Labute approximate surface area is 136 Å². The van der Waals surface area contributed by atoms with Crippen LogP contribution in [0.25, 0.3) is 0 Å². The lowest BCUT2D eigenvalue weighted by atomic mass is 10.5. The van der Waals surface area contributed by atoms with Crippen LogP contribution in [0.4, 0.5) is 0 Å². The molecule has 0 unspecified atom stereocenters. The number of ether oxygens (including phenoxy) is 4. The molecule has 0 aromatic rings. The predicted octanol–water partition coefficient (Wildman–Crippen LogP) is 0.650. The van der Waals surface area contributed by atoms with Gasteiger partial charge in [-0.2, -0.15) is 0 Å². The maximum Gasteiger partial charge on any atom is 0.0701 e. The molecule has 0 atom stereocenters. The Morgan fingerprint density at radius 1 is 0.600 bits per heavy atom. The molecule has 0 radical (unpaired) electrons. The topological polar surface area (TPSA) is 43.4 Å². The number of rotatable bonds is 0. The molecule has 1 aliphatic rings. The van der Waals surface area contributed by atoms with Crippen molar-refractivity contribution in [2.24, 2.45) is 0 Å². The van der Waals surface area contributed by atoms with Crippen LogP contribution in [0.15, 0.2) is 0 Å². The van der Waals surface area contributed by atoms with Crippen LogP contribution in [0.2, 0.25) is 0 Å². The summed E-state index contributed by atoms with van der Waals surface area (Å²) in [5.74, 6) is 0. The first-order valence-corrected chi connectivity index (χ1v) is 8.16. The van der Waals surface area contributed by atoms with Gasteiger partial charge in [-0.25, -0.2) is 3.11 Å². The average Bonchev–Trinajstić information content (AvgIpc) is 2.43. The van der Waals surface area contributed by atoms with E-state index in [0.717, 1.165) is 52.6 Å². The third kappa shape index (κ3) is 11.2. The van der Waals surface area contributed by atoms with Gasteiger partial charge in [0.2, 0.25) is 0 Å². The minimum atomic E-state index is 0.661.